The fourth-order valence-corrected chi connectivity index (χ4v) is 5.61. The van der Waals surface area contributed by atoms with Crippen LogP contribution < -0.4 is 10.6 Å². The smallest absolute Gasteiger partial charge is 0.217 e. The topological polar surface area (TPSA) is 90.5 Å². The van der Waals surface area contributed by atoms with Gasteiger partial charge in [0.05, 0.1) is 5.25 Å². The van der Waals surface area contributed by atoms with Crippen LogP contribution in [0.4, 0.5) is 11.4 Å². The zero-order valence-electron chi connectivity index (χ0n) is 13.2. The molecule has 1 saturated heterocycles. The van der Waals surface area contributed by atoms with E-state index in [0.717, 1.165) is 31.4 Å². The van der Waals surface area contributed by atoms with Crippen LogP contribution in [0, 0.1) is 5.41 Å². The molecule has 6 nitrogen and oxygen atoms in total. The molecule has 2 aliphatic rings. The monoisotopic (exact) mass is 336 g/mol. The Labute approximate surface area is 137 Å². The fraction of sp³-hybridized carbons (Fsp3) is 0.562. The second-order valence-electron chi connectivity index (χ2n) is 6.26. The summed E-state index contributed by atoms with van der Waals surface area (Å²) in [5.41, 5.74) is 8.14. The number of hydrogen-bond acceptors (Lipinski definition) is 5. The number of nitrogens with two attached hydrogens (primary N) is 1. The molecule has 2 fully saturated rings. The van der Waals surface area contributed by atoms with E-state index in [9.17, 15) is 8.42 Å². The van der Waals surface area contributed by atoms with Crippen molar-refractivity contribution in [2.24, 2.45) is 0 Å². The van der Waals surface area contributed by atoms with Crippen LogP contribution in [0.2, 0.25) is 0 Å². The van der Waals surface area contributed by atoms with E-state index in [0.29, 0.717) is 37.4 Å². The Kier molecular flexibility index (Phi) is 4.59. The van der Waals surface area contributed by atoms with Crippen molar-refractivity contribution in [2.45, 2.75) is 30.9 Å². The molecule has 1 heterocycles. The second kappa shape index (κ2) is 6.49. The quantitative estimate of drug-likeness (QED) is 0.646. The van der Waals surface area contributed by atoms with Crippen molar-refractivity contribution in [1.82, 2.24) is 4.31 Å². The molecule has 0 spiro atoms. The van der Waals surface area contributed by atoms with Crippen LogP contribution in [0.25, 0.3) is 0 Å². The van der Waals surface area contributed by atoms with Gasteiger partial charge in [-0.15, -0.1) is 0 Å². The number of hydrogen-bond donors (Lipinski definition) is 2. The lowest BCUT2D eigenvalue weighted by atomic mass is 10.1. The maximum absolute atomic E-state index is 12.7. The minimum Gasteiger partial charge on any atom is -0.398 e. The van der Waals surface area contributed by atoms with Crippen molar-refractivity contribution in [3.63, 3.8) is 0 Å². The number of piperazine rings is 1. The van der Waals surface area contributed by atoms with Crippen molar-refractivity contribution < 1.29 is 8.42 Å². The second-order valence-corrected chi connectivity index (χ2v) is 8.47. The van der Waals surface area contributed by atoms with Crippen LogP contribution in [-0.2, 0) is 10.0 Å². The average molecular weight is 336 g/mol. The van der Waals surface area contributed by atoms with E-state index < -0.39 is 10.0 Å². The number of nitrogens with zero attached hydrogens (tertiary/aromatic N) is 2. The molecule has 126 valence electrons. The summed E-state index contributed by atoms with van der Waals surface area (Å²) in [6.07, 6.45) is 4.92. The first kappa shape index (κ1) is 16.3. The average Bonchev–Trinajstić information content (AvgIpc) is 3.10. The standard InChI is InChI=1S/C16H24N4O2S/c17-12-14-15(18)6-3-7-16(14)19-8-10-20(11-9-19)23(21,22)13-4-1-2-5-13/h3,6-7,12-13,17H,1-2,4-5,8-11,18H2. The first-order valence-electron chi connectivity index (χ1n) is 8.17. The molecule has 1 aliphatic heterocycles. The van der Waals surface area contributed by atoms with Gasteiger partial charge in [-0.1, -0.05) is 18.9 Å². The van der Waals surface area contributed by atoms with Crippen molar-refractivity contribution in [3.8, 4) is 0 Å². The Hall–Kier alpha value is -1.60. The maximum Gasteiger partial charge on any atom is 0.217 e. The molecule has 23 heavy (non-hydrogen) atoms. The summed E-state index contributed by atoms with van der Waals surface area (Å²) in [7, 11) is -3.15. The third kappa shape index (κ3) is 3.07. The lowest BCUT2D eigenvalue weighted by molar-refractivity contribution is 0.378. The number of rotatable bonds is 4. The van der Waals surface area contributed by atoms with E-state index in [-0.39, 0.29) is 5.25 Å². The first-order chi connectivity index (χ1) is 11.0. The van der Waals surface area contributed by atoms with Gasteiger partial charge >= 0.3 is 0 Å². The number of benzene rings is 1. The molecule has 0 amide bonds. The summed E-state index contributed by atoms with van der Waals surface area (Å²) < 4.78 is 27.0. The number of nitrogens with one attached hydrogen (secondary N) is 1. The minimum absolute atomic E-state index is 0.182. The van der Waals surface area contributed by atoms with E-state index in [4.69, 9.17) is 11.1 Å². The molecule has 1 aromatic rings. The first-order valence-corrected chi connectivity index (χ1v) is 9.67. The summed E-state index contributed by atoms with van der Waals surface area (Å²) >= 11 is 0. The molecular weight excluding hydrogens is 312 g/mol. The Bertz CT molecular complexity index is 675. The Morgan fingerprint density at radius 3 is 2.39 bits per heavy atom. The van der Waals surface area contributed by atoms with Crippen molar-refractivity contribution in [3.05, 3.63) is 23.8 Å². The van der Waals surface area contributed by atoms with E-state index in [1.165, 1.54) is 6.21 Å². The van der Waals surface area contributed by atoms with Crippen LogP contribution in [0.15, 0.2) is 18.2 Å². The molecule has 0 radical (unpaired) electrons. The molecule has 0 bridgehead atoms. The highest BCUT2D eigenvalue weighted by molar-refractivity contribution is 7.89. The predicted octanol–water partition coefficient (Wildman–Crippen LogP) is 1.66. The zero-order valence-corrected chi connectivity index (χ0v) is 14.1. The van der Waals surface area contributed by atoms with Crippen molar-refractivity contribution >= 4 is 27.6 Å². The highest BCUT2D eigenvalue weighted by atomic mass is 32.2. The van der Waals surface area contributed by atoms with Gasteiger partial charge in [-0.05, 0) is 25.0 Å². The van der Waals surface area contributed by atoms with E-state index >= 15 is 0 Å². The fourth-order valence-electron chi connectivity index (χ4n) is 3.58. The van der Waals surface area contributed by atoms with Gasteiger partial charge in [0, 0.05) is 49.3 Å². The predicted molar refractivity (Wildman–Crippen MR) is 93.7 cm³/mol. The molecule has 0 aromatic heterocycles. The summed E-state index contributed by atoms with van der Waals surface area (Å²) in [4.78, 5) is 2.12. The SMILES string of the molecule is N=Cc1c(N)cccc1N1CCN(S(=O)(=O)C2CCCC2)CC1. The summed E-state index contributed by atoms with van der Waals surface area (Å²) in [6, 6.07) is 5.60. The lowest BCUT2D eigenvalue weighted by Crippen LogP contribution is -2.51. The van der Waals surface area contributed by atoms with E-state index in [2.05, 4.69) is 4.90 Å². The molecule has 3 rings (SSSR count). The van der Waals surface area contributed by atoms with Gasteiger partial charge in [0.1, 0.15) is 0 Å². The number of sulfonamides is 1. The van der Waals surface area contributed by atoms with Crippen LogP contribution >= 0.6 is 0 Å². The highest BCUT2D eigenvalue weighted by Gasteiger charge is 2.35. The Morgan fingerprint density at radius 2 is 1.78 bits per heavy atom. The molecule has 7 heteroatoms. The van der Waals surface area contributed by atoms with Crippen molar-refractivity contribution in [2.75, 3.05) is 36.8 Å². The highest BCUT2D eigenvalue weighted by Crippen LogP contribution is 2.29. The van der Waals surface area contributed by atoms with Gasteiger partial charge < -0.3 is 16.0 Å². The van der Waals surface area contributed by atoms with Gasteiger partial charge in [0.25, 0.3) is 0 Å². The van der Waals surface area contributed by atoms with Gasteiger partial charge in [-0.3, -0.25) is 0 Å². The van der Waals surface area contributed by atoms with E-state index in [1.54, 1.807) is 10.4 Å². The summed E-state index contributed by atoms with van der Waals surface area (Å²) in [6.45, 7) is 2.28. The number of anilines is 2. The Morgan fingerprint density at radius 1 is 1.13 bits per heavy atom. The third-order valence-corrected chi connectivity index (χ3v) is 7.32. The molecule has 3 N–H and O–H groups in total. The van der Waals surface area contributed by atoms with Gasteiger partial charge in [0.2, 0.25) is 10.0 Å². The van der Waals surface area contributed by atoms with Gasteiger partial charge in [-0.25, -0.2) is 8.42 Å². The largest absolute Gasteiger partial charge is 0.398 e. The molecule has 1 saturated carbocycles. The third-order valence-electron chi connectivity index (χ3n) is 4.92. The van der Waals surface area contributed by atoms with Gasteiger partial charge in [-0.2, -0.15) is 4.31 Å². The molecule has 0 atom stereocenters. The van der Waals surface area contributed by atoms with Crippen LogP contribution in [-0.4, -0.2) is 50.4 Å². The Balaban J connectivity index is 1.72. The van der Waals surface area contributed by atoms with Crippen LogP contribution in [0.5, 0.6) is 0 Å². The van der Waals surface area contributed by atoms with E-state index in [1.807, 2.05) is 12.1 Å². The minimum atomic E-state index is -3.15. The summed E-state index contributed by atoms with van der Waals surface area (Å²) in [5.74, 6) is 0. The number of nitrogen functional groups attached to an aromatic ring is 1. The van der Waals surface area contributed by atoms with Crippen LogP contribution in [0.1, 0.15) is 31.2 Å². The molecule has 1 aliphatic carbocycles. The molecule has 0 unspecified atom stereocenters. The maximum atomic E-state index is 12.7. The normalized spacial score (nSPS) is 20.8. The van der Waals surface area contributed by atoms with Crippen molar-refractivity contribution in [1.29, 1.82) is 5.41 Å². The molecular formula is C16H24N4O2S. The van der Waals surface area contributed by atoms with Crippen LogP contribution in [0.3, 0.4) is 0 Å². The lowest BCUT2D eigenvalue weighted by Gasteiger charge is -2.37. The van der Waals surface area contributed by atoms with Gasteiger partial charge in [0.15, 0.2) is 0 Å². The summed E-state index contributed by atoms with van der Waals surface area (Å²) in [5, 5.41) is 7.38. The zero-order chi connectivity index (χ0) is 16.4. The molecule has 1 aromatic carbocycles.